The average Bonchev–Trinajstić information content (AvgIpc) is 2.80. The maximum absolute atomic E-state index is 13.3. The summed E-state index contributed by atoms with van der Waals surface area (Å²) in [5.74, 6) is -3.45. The van der Waals surface area contributed by atoms with Gasteiger partial charge >= 0.3 is 11.9 Å². The molecule has 0 aromatic heterocycles. The van der Waals surface area contributed by atoms with Gasteiger partial charge in [0.05, 0.1) is 13.2 Å². The lowest BCUT2D eigenvalue weighted by Crippen LogP contribution is -2.43. The molecule has 21 heavy (non-hydrogen) atoms. The third-order valence-electron chi connectivity index (χ3n) is 3.56. The van der Waals surface area contributed by atoms with Crippen molar-refractivity contribution in [1.82, 2.24) is 0 Å². The van der Waals surface area contributed by atoms with E-state index in [-0.39, 0.29) is 26.1 Å². The molecule has 0 spiro atoms. The highest BCUT2D eigenvalue weighted by Crippen LogP contribution is 2.40. The number of rotatable bonds is 4. The summed E-state index contributed by atoms with van der Waals surface area (Å²) in [5.41, 5.74) is -0.695. The third-order valence-corrected chi connectivity index (χ3v) is 3.56. The van der Waals surface area contributed by atoms with Crippen LogP contribution >= 0.6 is 0 Å². The van der Waals surface area contributed by atoms with Gasteiger partial charge in [-0.3, -0.25) is 9.59 Å². The van der Waals surface area contributed by atoms with E-state index < -0.39 is 29.0 Å². The van der Waals surface area contributed by atoms with E-state index in [9.17, 15) is 18.4 Å². The molecule has 0 fully saturated rings. The first-order chi connectivity index (χ1) is 9.94. The molecule has 0 amide bonds. The lowest BCUT2D eigenvalue weighted by atomic mass is 9.85. The molecule has 114 valence electrons. The van der Waals surface area contributed by atoms with Crippen LogP contribution in [0.25, 0.3) is 0 Å². The van der Waals surface area contributed by atoms with Crippen molar-refractivity contribution in [3.8, 4) is 0 Å². The molecule has 0 aliphatic heterocycles. The summed E-state index contributed by atoms with van der Waals surface area (Å²) < 4.78 is 36.6. The van der Waals surface area contributed by atoms with Crippen molar-refractivity contribution in [3.63, 3.8) is 0 Å². The first kappa shape index (κ1) is 15.4. The smallest absolute Gasteiger partial charge is 0.324 e. The van der Waals surface area contributed by atoms with Gasteiger partial charge < -0.3 is 9.47 Å². The van der Waals surface area contributed by atoms with Crippen molar-refractivity contribution in [3.05, 3.63) is 34.9 Å². The van der Waals surface area contributed by atoms with Crippen LogP contribution in [0.3, 0.4) is 0 Å². The lowest BCUT2D eigenvalue weighted by molar-refractivity contribution is -0.171. The van der Waals surface area contributed by atoms with Crippen molar-refractivity contribution in [2.24, 2.45) is 5.41 Å². The Balaban J connectivity index is 2.41. The van der Waals surface area contributed by atoms with Crippen LogP contribution < -0.4 is 0 Å². The molecule has 0 heterocycles. The fraction of sp³-hybridized carbons (Fsp3) is 0.467. The number of hydrogen-bond donors (Lipinski definition) is 0. The van der Waals surface area contributed by atoms with Crippen LogP contribution in [-0.4, -0.2) is 25.2 Å². The number of fused-ring (bicyclic) bond motifs is 1. The SMILES string of the molecule is CCOC(=O)C1(C(=O)OCC)Cc2cc(F)c(F)cc2C1. The molecular weight excluding hydrogens is 282 g/mol. The zero-order valence-corrected chi connectivity index (χ0v) is 11.9. The summed E-state index contributed by atoms with van der Waals surface area (Å²) in [6.45, 7) is 3.47. The number of hydrogen-bond acceptors (Lipinski definition) is 4. The van der Waals surface area contributed by atoms with Gasteiger partial charge in [0.25, 0.3) is 0 Å². The van der Waals surface area contributed by atoms with Gasteiger partial charge in [0.15, 0.2) is 17.0 Å². The molecule has 1 aromatic carbocycles. The van der Waals surface area contributed by atoms with Gasteiger partial charge in [0, 0.05) is 0 Å². The first-order valence-electron chi connectivity index (χ1n) is 6.75. The minimum atomic E-state index is -1.55. The van der Waals surface area contributed by atoms with Gasteiger partial charge in [-0.1, -0.05) is 0 Å². The normalized spacial score (nSPS) is 15.4. The van der Waals surface area contributed by atoms with Gasteiger partial charge in [-0.2, -0.15) is 0 Å². The second kappa shape index (κ2) is 5.79. The molecule has 2 rings (SSSR count). The van der Waals surface area contributed by atoms with E-state index in [0.29, 0.717) is 11.1 Å². The number of benzene rings is 1. The molecule has 1 aromatic rings. The first-order valence-corrected chi connectivity index (χ1v) is 6.75. The van der Waals surface area contributed by atoms with Gasteiger partial charge in [-0.05, 0) is 49.9 Å². The molecule has 6 heteroatoms. The highest BCUT2D eigenvalue weighted by atomic mass is 19.2. The van der Waals surface area contributed by atoms with Crippen LogP contribution in [-0.2, 0) is 31.9 Å². The summed E-state index contributed by atoms with van der Waals surface area (Å²) >= 11 is 0. The Morgan fingerprint density at radius 1 is 1.00 bits per heavy atom. The number of halogens is 2. The van der Waals surface area contributed by atoms with Gasteiger partial charge in [0.1, 0.15) is 0 Å². The summed E-state index contributed by atoms with van der Waals surface area (Å²) in [6, 6.07) is 2.04. The van der Waals surface area contributed by atoms with E-state index in [1.807, 2.05) is 0 Å². The van der Waals surface area contributed by atoms with E-state index in [1.165, 1.54) is 0 Å². The fourth-order valence-electron chi connectivity index (χ4n) is 2.58. The minimum Gasteiger partial charge on any atom is -0.465 e. The summed E-state index contributed by atoms with van der Waals surface area (Å²) in [7, 11) is 0. The van der Waals surface area contributed by atoms with Crippen molar-refractivity contribution in [2.45, 2.75) is 26.7 Å². The standard InChI is InChI=1S/C15H16F2O4/c1-3-20-13(18)15(14(19)21-4-2)7-9-5-11(16)12(17)6-10(9)8-15/h5-6H,3-4,7-8H2,1-2H3. The second-order valence-corrected chi connectivity index (χ2v) is 4.91. The maximum Gasteiger partial charge on any atom is 0.324 e. The van der Waals surface area contributed by atoms with Crippen LogP contribution in [0.5, 0.6) is 0 Å². The largest absolute Gasteiger partial charge is 0.465 e. The molecule has 4 nitrogen and oxygen atoms in total. The zero-order chi connectivity index (χ0) is 15.6. The van der Waals surface area contributed by atoms with E-state index in [4.69, 9.17) is 9.47 Å². The van der Waals surface area contributed by atoms with Crippen LogP contribution in [0.1, 0.15) is 25.0 Å². The van der Waals surface area contributed by atoms with Gasteiger partial charge in [-0.15, -0.1) is 0 Å². The van der Waals surface area contributed by atoms with Crippen molar-refractivity contribution in [2.75, 3.05) is 13.2 Å². The van der Waals surface area contributed by atoms with Crippen LogP contribution in [0, 0.1) is 17.0 Å². The number of ether oxygens (including phenoxy) is 2. The number of carbonyl (C=O) groups excluding carboxylic acids is 2. The molecule has 1 aliphatic carbocycles. The quantitative estimate of drug-likeness (QED) is 0.631. The van der Waals surface area contributed by atoms with Crippen molar-refractivity contribution >= 4 is 11.9 Å². The average molecular weight is 298 g/mol. The van der Waals surface area contributed by atoms with Gasteiger partial charge in [0.2, 0.25) is 0 Å². The minimum absolute atomic E-state index is 0.0444. The van der Waals surface area contributed by atoms with E-state index >= 15 is 0 Å². The topological polar surface area (TPSA) is 52.6 Å². The Hall–Kier alpha value is -1.98. The predicted molar refractivity (Wildman–Crippen MR) is 69.5 cm³/mol. The third kappa shape index (κ3) is 2.62. The Kier molecular flexibility index (Phi) is 4.25. The summed E-state index contributed by atoms with van der Waals surface area (Å²) in [6.07, 6.45) is -0.0889. The number of carbonyl (C=O) groups is 2. The Morgan fingerprint density at radius 2 is 1.38 bits per heavy atom. The summed E-state index contributed by atoms with van der Waals surface area (Å²) in [5, 5.41) is 0. The zero-order valence-electron chi connectivity index (χ0n) is 11.9. The molecule has 0 saturated carbocycles. The molecule has 0 saturated heterocycles. The maximum atomic E-state index is 13.3. The highest BCUT2D eigenvalue weighted by Gasteiger charge is 2.53. The molecule has 0 atom stereocenters. The molecule has 0 unspecified atom stereocenters. The van der Waals surface area contributed by atoms with Crippen LogP contribution in [0.2, 0.25) is 0 Å². The summed E-state index contributed by atoms with van der Waals surface area (Å²) in [4.78, 5) is 24.4. The monoisotopic (exact) mass is 298 g/mol. The van der Waals surface area contributed by atoms with E-state index in [0.717, 1.165) is 12.1 Å². The molecular formula is C15H16F2O4. The molecule has 0 bridgehead atoms. The fourth-order valence-corrected chi connectivity index (χ4v) is 2.58. The number of esters is 2. The molecule has 0 N–H and O–H groups in total. The Morgan fingerprint density at radius 3 is 1.71 bits per heavy atom. The second-order valence-electron chi connectivity index (χ2n) is 4.91. The molecule has 1 aliphatic rings. The highest BCUT2D eigenvalue weighted by molar-refractivity contribution is 6.01. The van der Waals surface area contributed by atoms with Crippen LogP contribution in [0.4, 0.5) is 8.78 Å². The predicted octanol–water partition coefficient (Wildman–Crippen LogP) is 2.18. The van der Waals surface area contributed by atoms with E-state index in [2.05, 4.69) is 0 Å². The Labute approximate surface area is 121 Å². The van der Waals surface area contributed by atoms with E-state index in [1.54, 1.807) is 13.8 Å². The van der Waals surface area contributed by atoms with Crippen molar-refractivity contribution < 1.29 is 27.8 Å². The van der Waals surface area contributed by atoms with Gasteiger partial charge in [-0.25, -0.2) is 8.78 Å². The Bertz CT molecular complexity index is 532. The lowest BCUT2D eigenvalue weighted by Gasteiger charge is -2.23. The van der Waals surface area contributed by atoms with Crippen molar-refractivity contribution in [1.29, 1.82) is 0 Å². The van der Waals surface area contributed by atoms with Crippen LogP contribution in [0.15, 0.2) is 12.1 Å². The molecule has 0 radical (unpaired) electrons.